The van der Waals surface area contributed by atoms with Gasteiger partial charge >= 0.3 is 0 Å². The summed E-state index contributed by atoms with van der Waals surface area (Å²) in [4.78, 5) is 4.14. The maximum atomic E-state index is 4.14. The topological polar surface area (TPSA) is 30.2 Å². The van der Waals surface area contributed by atoms with Gasteiger partial charge < -0.3 is 0 Å². The van der Waals surface area contributed by atoms with Crippen LogP contribution < -0.4 is 0 Å². The van der Waals surface area contributed by atoms with Crippen molar-refractivity contribution in [2.75, 3.05) is 0 Å². The van der Waals surface area contributed by atoms with Crippen LogP contribution in [0.1, 0.15) is 40.2 Å². The van der Waals surface area contributed by atoms with Gasteiger partial charge in [0.05, 0.1) is 0 Å². The van der Waals surface area contributed by atoms with Crippen molar-refractivity contribution in [3.8, 4) is 0 Å². The number of pyridine rings is 1. The van der Waals surface area contributed by atoms with Crippen LogP contribution in [0.5, 0.6) is 0 Å². The minimum Gasteiger partial charge on any atom is -0.221 e. The van der Waals surface area contributed by atoms with Crippen LogP contribution in [0.2, 0.25) is 0 Å². The van der Waals surface area contributed by atoms with Crippen LogP contribution in [-0.4, -0.2) is 14.6 Å². The van der Waals surface area contributed by atoms with E-state index in [-0.39, 0.29) is 0 Å². The molecule has 0 aromatic carbocycles. The van der Waals surface area contributed by atoms with Crippen molar-refractivity contribution < 1.29 is 0 Å². The second kappa shape index (κ2) is 7.97. The zero-order valence-electron chi connectivity index (χ0n) is 10.4. The average Bonchev–Trinajstić information content (AvgIpc) is 2.82. The number of hydrogen-bond donors (Lipinski definition) is 0. The number of rotatable bonds is 1. The molecular weight excluding hydrogens is 186 g/mol. The predicted molar refractivity (Wildman–Crippen MR) is 65.1 cm³/mol. The largest absolute Gasteiger partial charge is 0.221 e. The maximum absolute atomic E-state index is 4.14. The van der Waals surface area contributed by atoms with Gasteiger partial charge in [-0.15, -0.1) is 0 Å². The number of aryl methyl sites for hydroxylation is 1. The van der Waals surface area contributed by atoms with Crippen molar-refractivity contribution >= 4 is 5.65 Å². The molecule has 0 spiro atoms. The second-order valence-corrected chi connectivity index (χ2v) is 2.42. The summed E-state index contributed by atoms with van der Waals surface area (Å²) in [5.74, 6) is 0. The summed E-state index contributed by atoms with van der Waals surface area (Å²) >= 11 is 0. The van der Waals surface area contributed by atoms with E-state index in [0.29, 0.717) is 0 Å². The molecule has 0 aliphatic carbocycles. The standard InChI is InChI=1S/C8H9N3.2C2H6/c1-2-7-4-3-5-11-8(7)9-6-10-11;2*1-2/h3-6H,2H2,1H3;2*1-2H3. The third-order valence-electron chi connectivity index (χ3n) is 1.77. The highest BCUT2D eigenvalue weighted by Gasteiger charge is 1.98. The van der Waals surface area contributed by atoms with Crippen LogP contribution in [-0.2, 0) is 6.42 Å². The van der Waals surface area contributed by atoms with Gasteiger partial charge in [-0.3, -0.25) is 0 Å². The van der Waals surface area contributed by atoms with Gasteiger partial charge in [0.15, 0.2) is 5.65 Å². The minimum atomic E-state index is 0.968. The molecule has 0 aliphatic heterocycles. The van der Waals surface area contributed by atoms with E-state index in [9.17, 15) is 0 Å². The fraction of sp³-hybridized carbons (Fsp3) is 0.500. The lowest BCUT2D eigenvalue weighted by Gasteiger charge is -1.96. The van der Waals surface area contributed by atoms with Gasteiger partial charge in [-0.2, -0.15) is 5.10 Å². The van der Waals surface area contributed by atoms with E-state index < -0.39 is 0 Å². The third kappa shape index (κ3) is 3.35. The fourth-order valence-electron chi connectivity index (χ4n) is 1.18. The highest BCUT2D eigenvalue weighted by molar-refractivity contribution is 5.45. The molecule has 3 heteroatoms. The van der Waals surface area contributed by atoms with Crippen molar-refractivity contribution in [2.24, 2.45) is 0 Å². The molecule has 3 nitrogen and oxygen atoms in total. The molecule has 2 rings (SSSR count). The predicted octanol–water partition coefficient (Wildman–Crippen LogP) is 3.34. The lowest BCUT2D eigenvalue weighted by molar-refractivity contribution is 0.947. The van der Waals surface area contributed by atoms with Gasteiger partial charge in [-0.25, -0.2) is 9.50 Å². The first-order valence-electron chi connectivity index (χ1n) is 5.69. The Hall–Kier alpha value is -1.38. The summed E-state index contributed by atoms with van der Waals surface area (Å²) in [5, 5.41) is 4.03. The molecule has 15 heavy (non-hydrogen) atoms. The Morgan fingerprint density at radius 2 is 1.87 bits per heavy atom. The normalized spacial score (nSPS) is 8.60. The summed E-state index contributed by atoms with van der Waals surface area (Å²) in [6.07, 6.45) is 4.49. The Balaban J connectivity index is 0.000000442. The minimum absolute atomic E-state index is 0.968. The van der Waals surface area contributed by atoms with E-state index >= 15 is 0 Å². The Morgan fingerprint density at radius 1 is 1.20 bits per heavy atom. The molecule has 0 aliphatic rings. The van der Waals surface area contributed by atoms with Gasteiger partial charge in [0.1, 0.15) is 6.33 Å². The molecule has 2 aromatic heterocycles. The number of hydrogen-bond acceptors (Lipinski definition) is 2. The summed E-state index contributed by atoms with van der Waals surface area (Å²) in [6, 6.07) is 4.06. The molecular formula is C12H21N3. The Labute approximate surface area is 92.2 Å². The highest BCUT2D eigenvalue weighted by atomic mass is 15.3. The van der Waals surface area contributed by atoms with E-state index in [1.807, 2.05) is 40.0 Å². The van der Waals surface area contributed by atoms with Gasteiger partial charge in [-0.1, -0.05) is 40.7 Å². The van der Waals surface area contributed by atoms with E-state index in [1.54, 1.807) is 10.8 Å². The summed E-state index contributed by atoms with van der Waals surface area (Å²) < 4.78 is 1.79. The molecule has 2 heterocycles. The van der Waals surface area contributed by atoms with Gasteiger partial charge in [0.2, 0.25) is 0 Å². The molecule has 0 saturated carbocycles. The van der Waals surface area contributed by atoms with Crippen LogP contribution >= 0.6 is 0 Å². The van der Waals surface area contributed by atoms with E-state index in [2.05, 4.69) is 23.1 Å². The van der Waals surface area contributed by atoms with Crippen LogP contribution in [0.25, 0.3) is 5.65 Å². The molecule has 0 bridgehead atoms. The first kappa shape index (κ1) is 13.6. The van der Waals surface area contributed by atoms with E-state index in [1.165, 1.54) is 5.56 Å². The quantitative estimate of drug-likeness (QED) is 0.718. The van der Waals surface area contributed by atoms with Crippen LogP contribution in [0.4, 0.5) is 0 Å². The van der Waals surface area contributed by atoms with Gasteiger partial charge in [-0.05, 0) is 18.1 Å². The zero-order valence-corrected chi connectivity index (χ0v) is 10.4. The van der Waals surface area contributed by atoms with Crippen LogP contribution in [0.3, 0.4) is 0 Å². The Kier molecular flexibility index (Phi) is 7.24. The Morgan fingerprint density at radius 3 is 2.47 bits per heavy atom. The van der Waals surface area contributed by atoms with Crippen molar-refractivity contribution in [1.29, 1.82) is 0 Å². The monoisotopic (exact) mass is 207 g/mol. The molecule has 0 unspecified atom stereocenters. The molecule has 2 aromatic rings. The molecule has 0 saturated heterocycles. The number of nitrogens with zero attached hydrogens (tertiary/aromatic N) is 3. The highest BCUT2D eigenvalue weighted by Crippen LogP contribution is 2.06. The summed E-state index contributed by atoms with van der Waals surface area (Å²) in [6.45, 7) is 10.1. The van der Waals surface area contributed by atoms with Crippen molar-refractivity contribution in [3.05, 3.63) is 30.2 Å². The fourth-order valence-corrected chi connectivity index (χ4v) is 1.18. The molecule has 0 atom stereocenters. The first-order chi connectivity index (χ1) is 7.42. The molecule has 0 radical (unpaired) electrons. The molecule has 84 valence electrons. The van der Waals surface area contributed by atoms with Crippen LogP contribution in [0, 0.1) is 0 Å². The summed E-state index contributed by atoms with van der Waals surface area (Å²) in [5.41, 5.74) is 2.21. The van der Waals surface area contributed by atoms with Gasteiger partial charge in [0.25, 0.3) is 0 Å². The summed E-state index contributed by atoms with van der Waals surface area (Å²) in [7, 11) is 0. The number of fused-ring (bicyclic) bond motifs is 1. The molecule has 0 fully saturated rings. The van der Waals surface area contributed by atoms with Gasteiger partial charge in [0, 0.05) is 6.20 Å². The number of aromatic nitrogens is 3. The van der Waals surface area contributed by atoms with E-state index in [4.69, 9.17) is 0 Å². The van der Waals surface area contributed by atoms with Crippen molar-refractivity contribution in [2.45, 2.75) is 41.0 Å². The zero-order chi connectivity index (χ0) is 11.7. The SMILES string of the molecule is CC.CC.CCc1cccn2ncnc12. The maximum Gasteiger partial charge on any atom is 0.158 e. The average molecular weight is 207 g/mol. The smallest absolute Gasteiger partial charge is 0.158 e. The first-order valence-corrected chi connectivity index (χ1v) is 5.69. The Bertz CT molecular complexity index is 366. The third-order valence-corrected chi connectivity index (χ3v) is 1.77. The van der Waals surface area contributed by atoms with Crippen molar-refractivity contribution in [3.63, 3.8) is 0 Å². The molecule has 0 amide bonds. The second-order valence-electron chi connectivity index (χ2n) is 2.42. The lowest BCUT2D eigenvalue weighted by Crippen LogP contribution is -1.90. The van der Waals surface area contributed by atoms with E-state index in [0.717, 1.165) is 12.1 Å². The lowest BCUT2D eigenvalue weighted by atomic mass is 10.2. The molecule has 0 N–H and O–H groups in total. The van der Waals surface area contributed by atoms with Crippen LogP contribution in [0.15, 0.2) is 24.7 Å². The van der Waals surface area contributed by atoms with Crippen molar-refractivity contribution in [1.82, 2.24) is 14.6 Å².